The fourth-order valence-corrected chi connectivity index (χ4v) is 3.75. The normalized spacial score (nSPS) is 16.2. The van der Waals surface area contributed by atoms with E-state index in [1.54, 1.807) is 24.3 Å². The third-order valence-electron chi connectivity index (χ3n) is 5.52. The Kier molecular flexibility index (Phi) is 5.11. The number of halogens is 1. The molecule has 0 aliphatic carbocycles. The number of hydrogen-bond donors (Lipinski definition) is 0. The number of hydrogen-bond acceptors (Lipinski definition) is 6. The summed E-state index contributed by atoms with van der Waals surface area (Å²) in [6.07, 6.45) is 4.85. The minimum Gasteiger partial charge on any atom is -0.454 e. The van der Waals surface area contributed by atoms with E-state index in [2.05, 4.69) is 10.1 Å². The van der Waals surface area contributed by atoms with E-state index in [4.69, 9.17) is 14.0 Å². The molecule has 0 saturated carbocycles. The molecule has 3 heterocycles. The van der Waals surface area contributed by atoms with Crippen molar-refractivity contribution >= 4 is 12.0 Å². The van der Waals surface area contributed by atoms with Crippen molar-refractivity contribution in [3.63, 3.8) is 0 Å². The molecular formula is C23H20FN3O4. The number of rotatable bonds is 4. The van der Waals surface area contributed by atoms with Gasteiger partial charge in [0.05, 0.1) is 0 Å². The molecule has 5 rings (SSSR count). The lowest BCUT2D eigenvalue weighted by Gasteiger charge is -2.29. The molecule has 8 heteroatoms. The second kappa shape index (κ2) is 8.22. The summed E-state index contributed by atoms with van der Waals surface area (Å²) in [6, 6.07) is 11.6. The minimum atomic E-state index is -0.308. The first-order valence-electron chi connectivity index (χ1n) is 10.1. The molecule has 1 fully saturated rings. The fourth-order valence-electron chi connectivity index (χ4n) is 3.75. The Morgan fingerprint density at radius 3 is 2.65 bits per heavy atom. The van der Waals surface area contributed by atoms with Crippen LogP contribution in [0, 0.1) is 5.82 Å². The number of carbonyl (C=O) groups excluding carboxylic acids is 1. The summed E-state index contributed by atoms with van der Waals surface area (Å²) >= 11 is 0. The van der Waals surface area contributed by atoms with E-state index in [0.717, 1.165) is 18.4 Å². The fraction of sp³-hybridized carbons (Fsp3) is 0.261. The van der Waals surface area contributed by atoms with Gasteiger partial charge in [-0.2, -0.15) is 4.98 Å². The predicted octanol–water partition coefficient (Wildman–Crippen LogP) is 4.02. The van der Waals surface area contributed by atoms with Crippen molar-refractivity contribution in [1.82, 2.24) is 15.0 Å². The number of likely N-dealkylation sites (tertiary alicyclic amines) is 1. The van der Waals surface area contributed by atoms with Crippen LogP contribution >= 0.6 is 0 Å². The molecule has 0 unspecified atom stereocenters. The second-order valence-electron chi connectivity index (χ2n) is 7.51. The molecule has 1 amide bonds. The van der Waals surface area contributed by atoms with E-state index in [1.807, 2.05) is 23.1 Å². The average Bonchev–Trinajstić information content (AvgIpc) is 3.47. The van der Waals surface area contributed by atoms with E-state index in [9.17, 15) is 9.18 Å². The van der Waals surface area contributed by atoms with Crippen LogP contribution in [0.4, 0.5) is 4.39 Å². The van der Waals surface area contributed by atoms with E-state index in [-0.39, 0.29) is 24.4 Å². The van der Waals surface area contributed by atoms with Gasteiger partial charge in [-0.05, 0) is 60.9 Å². The Balaban J connectivity index is 1.18. The highest BCUT2D eigenvalue weighted by atomic mass is 19.1. The molecule has 0 N–H and O–H groups in total. The molecule has 7 nitrogen and oxygen atoms in total. The van der Waals surface area contributed by atoms with Crippen LogP contribution < -0.4 is 9.47 Å². The molecule has 2 aromatic carbocycles. The summed E-state index contributed by atoms with van der Waals surface area (Å²) in [5.41, 5.74) is 1.59. The van der Waals surface area contributed by atoms with Crippen LogP contribution in [-0.4, -0.2) is 40.8 Å². The number of ether oxygens (including phenoxy) is 2. The van der Waals surface area contributed by atoms with Crippen molar-refractivity contribution in [1.29, 1.82) is 0 Å². The van der Waals surface area contributed by atoms with Gasteiger partial charge in [0.25, 0.3) is 0 Å². The van der Waals surface area contributed by atoms with Crippen LogP contribution in [0.5, 0.6) is 11.5 Å². The van der Waals surface area contributed by atoms with Crippen LogP contribution in [0.25, 0.3) is 17.5 Å². The number of fused-ring (bicyclic) bond motifs is 1. The maximum atomic E-state index is 13.1. The molecule has 0 spiro atoms. The lowest BCUT2D eigenvalue weighted by molar-refractivity contribution is -0.127. The highest BCUT2D eigenvalue weighted by Crippen LogP contribution is 2.33. The van der Waals surface area contributed by atoms with E-state index >= 15 is 0 Å². The molecule has 2 aliphatic heterocycles. The zero-order valence-corrected chi connectivity index (χ0v) is 16.7. The summed E-state index contributed by atoms with van der Waals surface area (Å²) in [7, 11) is 0. The number of piperidine rings is 1. The first-order valence-corrected chi connectivity index (χ1v) is 10.1. The molecule has 31 heavy (non-hydrogen) atoms. The topological polar surface area (TPSA) is 77.7 Å². The molecule has 1 saturated heterocycles. The lowest BCUT2D eigenvalue weighted by atomic mass is 9.96. The van der Waals surface area contributed by atoms with Crippen LogP contribution in [-0.2, 0) is 4.79 Å². The van der Waals surface area contributed by atoms with Crippen LogP contribution in [0.2, 0.25) is 0 Å². The summed E-state index contributed by atoms with van der Waals surface area (Å²) in [6.45, 7) is 1.45. The van der Waals surface area contributed by atoms with E-state index < -0.39 is 0 Å². The third-order valence-corrected chi connectivity index (χ3v) is 5.52. The maximum absolute atomic E-state index is 13.1. The van der Waals surface area contributed by atoms with Gasteiger partial charge in [-0.3, -0.25) is 4.79 Å². The summed E-state index contributed by atoms with van der Waals surface area (Å²) in [5, 5.41) is 4.01. The van der Waals surface area contributed by atoms with E-state index in [1.165, 1.54) is 12.1 Å². The first-order chi connectivity index (χ1) is 15.2. The van der Waals surface area contributed by atoms with Gasteiger partial charge in [0, 0.05) is 30.6 Å². The average molecular weight is 421 g/mol. The van der Waals surface area contributed by atoms with Gasteiger partial charge >= 0.3 is 0 Å². The second-order valence-corrected chi connectivity index (χ2v) is 7.51. The molecule has 3 aromatic rings. The molecule has 1 aromatic heterocycles. The van der Waals surface area contributed by atoms with Crippen LogP contribution in [0.15, 0.2) is 53.1 Å². The van der Waals surface area contributed by atoms with E-state index in [0.29, 0.717) is 41.9 Å². The number of nitrogens with zero attached hydrogens (tertiary/aromatic N) is 3. The van der Waals surface area contributed by atoms with Gasteiger partial charge in [-0.1, -0.05) is 11.2 Å². The van der Waals surface area contributed by atoms with Gasteiger partial charge in [-0.15, -0.1) is 0 Å². The van der Waals surface area contributed by atoms with Crippen molar-refractivity contribution in [3.05, 3.63) is 65.8 Å². The predicted molar refractivity (Wildman–Crippen MR) is 110 cm³/mol. The van der Waals surface area contributed by atoms with Crippen molar-refractivity contribution in [2.75, 3.05) is 19.9 Å². The van der Waals surface area contributed by atoms with Gasteiger partial charge in [-0.25, -0.2) is 4.39 Å². The smallest absolute Gasteiger partial charge is 0.246 e. The molecular weight excluding hydrogens is 401 g/mol. The van der Waals surface area contributed by atoms with Crippen molar-refractivity contribution in [2.24, 2.45) is 0 Å². The quantitative estimate of drug-likeness (QED) is 0.592. The lowest BCUT2D eigenvalue weighted by Crippen LogP contribution is -2.36. The Morgan fingerprint density at radius 2 is 1.84 bits per heavy atom. The Hall–Kier alpha value is -3.68. The van der Waals surface area contributed by atoms with Crippen LogP contribution in [0.1, 0.15) is 30.2 Å². The zero-order valence-electron chi connectivity index (χ0n) is 16.7. The number of amides is 1. The largest absolute Gasteiger partial charge is 0.454 e. The summed E-state index contributed by atoms with van der Waals surface area (Å²) in [4.78, 5) is 18.9. The first kappa shape index (κ1) is 19.3. The minimum absolute atomic E-state index is 0.0337. The highest BCUT2D eigenvalue weighted by molar-refractivity contribution is 5.92. The molecule has 2 aliphatic rings. The molecule has 0 bridgehead atoms. The van der Waals surface area contributed by atoms with Crippen molar-refractivity contribution < 1.29 is 23.2 Å². The Morgan fingerprint density at radius 1 is 1.06 bits per heavy atom. The summed E-state index contributed by atoms with van der Waals surface area (Å²) < 4.78 is 29.2. The number of aromatic nitrogens is 2. The van der Waals surface area contributed by atoms with Crippen LogP contribution in [0.3, 0.4) is 0 Å². The standard InChI is InChI=1S/C23H20FN3O4/c24-18-5-3-16(4-6-18)22-25-23(31-26-22)17-9-11-27(12-10-17)21(28)8-2-15-1-7-19-20(13-15)30-14-29-19/h1-8,13,17H,9-12,14H2/b8-2+. The number of benzene rings is 2. The monoisotopic (exact) mass is 421 g/mol. The van der Waals surface area contributed by atoms with Crippen molar-refractivity contribution in [3.8, 4) is 22.9 Å². The number of carbonyl (C=O) groups is 1. The van der Waals surface area contributed by atoms with Crippen molar-refractivity contribution in [2.45, 2.75) is 18.8 Å². The third kappa shape index (κ3) is 4.14. The SMILES string of the molecule is O=C(/C=C/c1ccc2c(c1)OCO2)N1CCC(c2nc(-c3ccc(F)cc3)no2)CC1. The van der Waals surface area contributed by atoms with Gasteiger partial charge in [0.2, 0.25) is 24.4 Å². The molecule has 158 valence electrons. The highest BCUT2D eigenvalue weighted by Gasteiger charge is 2.27. The summed E-state index contributed by atoms with van der Waals surface area (Å²) in [5.74, 6) is 2.17. The molecule has 0 atom stereocenters. The van der Waals surface area contributed by atoms with Gasteiger partial charge in [0.15, 0.2) is 11.5 Å². The Bertz CT molecular complexity index is 1120. The zero-order chi connectivity index (χ0) is 21.2. The Labute approximate surface area is 178 Å². The molecule has 0 radical (unpaired) electrons. The van der Waals surface area contributed by atoms with Gasteiger partial charge < -0.3 is 18.9 Å². The maximum Gasteiger partial charge on any atom is 0.246 e. The van der Waals surface area contributed by atoms with Gasteiger partial charge in [0.1, 0.15) is 5.82 Å².